The number of benzene rings is 1. The minimum atomic E-state index is 0.0877. The fourth-order valence-electron chi connectivity index (χ4n) is 3.27. The zero-order valence-electron chi connectivity index (χ0n) is 11.8. The standard InChI is InChI=1S/C16H22N2O2/c17-14-6-3-4-12(14)8-9-18-10-11-20-15-7-2-1-5-13(15)16(18)19/h1-2,5,7,12,14H,3-4,6,8-11,17H2. The van der Waals surface area contributed by atoms with Crippen molar-refractivity contribution >= 4 is 5.91 Å². The number of para-hydroxylation sites is 1. The van der Waals surface area contributed by atoms with E-state index in [9.17, 15) is 4.79 Å². The largest absolute Gasteiger partial charge is 0.491 e. The molecular weight excluding hydrogens is 252 g/mol. The lowest BCUT2D eigenvalue weighted by molar-refractivity contribution is 0.0744. The molecule has 1 saturated carbocycles. The Labute approximate surface area is 119 Å². The Morgan fingerprint density at radius 3 is 2.95 bits per heavy atom. The number of hydrogen-bond donors (Lipinski definition) is 1. The van der Waals surface area contributed by atoms with Crippen LogP contribution in [0.2, 0.25) is 0 Å². The molecule has 1 amide bonds. The average molecular weight is 274 g/mol. The van der Waals surface area contributed by atoms with Crippen molar-refractivity contribution in [1.29, 1.82) is 0 Å². The van der Waals surface area contributed by atoms with Gasteiger partial charge in [0.15, 0.2) is 0 Å². The number of nitrogens with two attached hydrogens (primary N) is 1. The molecule has 4 heteroatoms. The summed E-state index contributed by atoms with van der Waals surface area (Å²) in [5, 5.41) is 0. The van der Waals surface area contributed by atoms with Crippen molar-refractivity contribution in [3.63, 3.8) is 0 Å². The van der Waals surface area contributed by atoms with E-state index in [0.29, 0.717) is 36.4 Å². The number of carbonyl (C=O) groups excluding carboxylic acids is 1. The van der Waals surface area contributed by atoms with Gasteiger partial charge in [-0.25, -0.2) is 0 Å². The molecule has 0 bridgehead atoms. The number of rotatable bonds is 3. The molecule has 2 atom stereocenters. The van der Waals surface area contributed by atoms with Crippen LogP contribution in [0, 0.1) is 5.92 Å². The third-order valence-corrected chi connectivity index (χ3v) is 4.51. The molecule has 4 nitrogen and oxygen atoms in total. The van der Waals surface area contributed by atoms with Gasteiger partial charge in [-0.05, 0) is 37.3 Å². The summed E-state index contributed by atoms with van der Waals surface area (Å²) in [7, 11) is 0. The molecule has 2 aliphatic rings. The van der Waals surface area contributed by atoms with E-state index >= 15 is 0 Å². The third-order valence-electron chi connectivity index (χ3n) is 4.51. The molecule has 1 aromatic carbocycles. The Morgan fingerprint density at radius 1 is 1.30 bits per heavy atom. The number of nitrogens with zero attached hydrogens (tertiary/aromatic N) is 1. The van der Waals surface area contributed by atoms with E-state index in [1.54, 1.807) is 0 Å². The predicted molar refractivity (Wildman–Crippen MR) is 77.8 cm³/mol. The van der Waals surface area contributed by atoms with Crippen molar-refractivity contribution in [3.8, 4) is 5.75 Å². The molecule has 2 unspecified atom stereocenters. The van der Waals surface area contributed by atoms with Crippen LogP contribution in [0.3, 0.4) is 0 Å². The Morgan fingerprint density at radius 2 is 2.15 bits per heavy atom. The van der Waals surface area contributed by atoms with Crippen LogP contribution in [-0.4, -0.2) is 36.5 Å². The first-order chi connectivity index (χ1) is 9.75. The first kappa shape index (κ1) is 13.4. The van der Waals surface area contributed by atoms with Gasteiger partial charge < -0.3 is 15.4 Å². The second-order valence-electron chi connectivity index (χ2n) is 5.78. The van der Waals surface area contributed by atoms with Crippen LogP contribution in [-0.2, 0) is 0 Å². The van der Waals surface area contributed by atoms with Gasteiger partial charge in [0.25, 0.3) is 5.91 Å². The van der Waals surface area contributed by atoms with Gasteiger partial charge in [-0.15, -0.1) is 0 Å². The number of amides is 1. The molecular formula is C16H22N2O2. The van der Waals surface area contributed by atoms with Gasteiger partial charge in [-0.1, -0.05) is 18.6 Å². The monoisotopic (exact) mass is 274 g/mol. The summed E-state index contributed by atoms with van der Waals surface area (Å²) >= 11 is 0. The van der Waals surface area contributed by atoms with Gasteiger partial charge in [0, 0.05) is 12.6 Å². The molecule has 3 rings (SSSR count). The van der Waals surface area contributed by atoms with Crippen molar-refractivity contribution in [2.75, 3.05) is 19.7 Å². The lowest BCUT2D eigenvalue weighted by Crippen LogP contribution is -2.36. The zero-order valence-corrected chi connectivity index (χ0v) is 11.8. The SMILES string of the molecule is NC1CCCC1CCN1CCOc2ccccc2C1=O. The minimum absolute atomic E-state index is 0.0877. The van der Waals surface area contributed by atoms with Gasteiger partial charge in [0.05, 0.1) is 12.1 Å². The topological polar surface area (TPSA) is 55.6 Å². The summed E-state index contributed by atoms with van der Waals surface area (Å²) in [6.07, 6.45) is 4.57. The van der Waals surface area contributed by atoms with E-state index in [4.69, 9.17) is 10.5 Å². The van der Waals surface area contributed by atoms with Gasteiger partial charge in [0.1, 0.15) is 12.4 Å². The summed E-state index contributed by atoms with van der Waals surface area (Å²) < 4.78 is 5.65. The van der Waals surface area contributed by atoms with Gasteiger partial charge >= 0.3 is 0 Å². The molecule has 2 N–H and O–H groups in total. The number of fused-ring (bicyclic) bond motifs is 1. The molecule has 1 heterocycles. The van der Waals surface area contributed by atoms with Crippen molar-refractivity contribution < 1.29 is 9.53 Å². The lowest BCUT2D eigenvalue weighted by Gasteiger charge is -2.23. The molecule has 0 aromatic heterocycles. The fourth-order valence-corrected chi connectivity index (χ4v) is 3.27. The van der Waals surface area contributed by atoms with Gasteiger partial charge in [0.2, 0.25) is 0 Å². The Kier molecular flexibility index (Phi) is 3.92. The van der Waals surface area contributed by atoms with Crippen LogP contribution >= 0.6 is 0 Å². The highest BCUT2D eigenvalue weighted by molar-refractivity contribution is 5.97. The molecule has 1 aliphatic carbocycles. The number of hydrogen-bond acceptors (Lipinski definition) is 3. The van der Waals surface area contributed by atoms with Gasteiger partial charge in [-0.2, -0.15) is 0 Å². The normalized spacial score (nSPS) is 26.1. The molecule has 0 spiro atoms. The van der Waals surface area contributed by atoms with Crippen LogP contribution in [0.1, 0.15) is 36.0 Å². The van der Waals surface area contributed by atoms with E-state index in [-0.39, 0.29) is 5.91 Å². The highest BCUT2D eigenvalue weighted by Crippen LogP contribution is 2.28. The second kappa shape index (κ2) is 5.83. The highest BCUT2D eigenvalue weighted by Gasteiger charge is 2.27. The predicted octanol–water partition coefficient (Wildman–Crippen LogP) is 2.04. The molecule has 20 heavy (non-hydrogen) atoms. The van der Waals surface area contributed by atoms with Gasteiger partial charge in [-0.3, -0.25) is 4.79 Å². The van der Waals surface area contributed by atoms with E-state index in [1.807, 2.05) is 29.2 Å². The summed E-state index contributed by atoms with van der Waals surface area (Å²) in [6.45, 7) is 2.02. The Hall–Kier alpha value is -1.55. The summed E-state index contributed by atoms with van der Waals surface area (Å²) in [5.41, 5.74) is 6.79. The summed E-state index contributed by atoms with van der Waals surface area (Å²) in [6, 6.07) is 7.82. The molecule has 1 aliphatic heterocycles. The number of ether oxygens (including phenoxy) is 1. The van der Waals surface area contributed by atoms with E-state index in [2.05, 4.69) is 0 Å². The summed E-state index contributed by atoms with van der Waals surface area (Å²) in [4.78, 5) is 14.5. The smallest absolute Gasteiger partial charge is 0.257 e. The maximum atomic E-state index is 12.5. The van der Waals surface area contributed by atoms with E-state index in [0.717, 1.165) is 19.4 Å². The highest BCUT2D eigenvalue weighted by atomic mass is 16.5. The van der Waals surface area contributed by atoms with Crippen molar-refractivity contribution in [2.24, 2.45) is 11.7 Å². The van der Waals surface area contributed by atoms with Crippen LogP contribution in [0.15, 0.2) is 24.3 Å². The Balaban J connectivity index is 1.66. The number of carbonyl (C=O) groups is 1. The van der Waals surface area contributed by atoms with Crippen LogP contribution in [0.5, 0.6) is 5.75 Å². The first-order valence-corrected chi connectivity index (χ1v) is 7.52. The minimum Gasteiger partial charge on any atom is -0.491 e. The first-order valence-electron chi connectivity index (χ1n) is 7.52. The maximum absolute atomic E-state index is 12.5. The summed E-state index contributed by atoms with van der Waals surface area (Å²) in [5.74, 6) is 1.37. The average Bonchev–Trinajstić information content (AvgIpc) is 2.80. The van der Waals surface area contributed by atoms with Crippen LogP contribution in [0.4, 0.5) is 0 Å². The molecule has 0 saturated heterocycles. The van der Waals surface area contributed by atoms with E-state index < -0.39 is 0 Å². The third kappa shape index (κ3) is 2.66. The molecule has 0 radical (unpaired) electrons. The molecule has 1 fully saturated rings. The fraction of sp³-hybridized carbons (Fsp3) is 0.562. The molecule has 108 valence electrons. The van der Waals surface area contributed by atoms with E-state index in [1.165, 1.54) is 12.8 Å². The van der Waals surface area contributed by atoms with Crippen molar-refractivity contribution in [2.45, 2.75) is 31.7 Å². The van der Waals surface area contributed by atoms with Crippen molar-refractivity contribution in [3.05, 3.63) is 29.8 Å². The van der Waals surface area contributed by atoms with Crippen LogP contribution in [0.25, 0.3) is 0 Å². The molecule has 1 aromatic rings. The maximum Gasteiger partial charge on any atom is 0.257 e. The lowest BCUT2D eigenvalue weighted by atomic mass is 10.00. The quantitative estimate of drug-likeness (QED) is 0.917. The van der Waals surface area contributed by atoms with Crippen LogP contribution < -0.4 is 10.5 Å². The zero-order chi connectivity index (χ0) is 13.9. The second-order valence-corrected chi connectivity index (χ2v) is 5.78. The van der Waals surface area contributed by atoms with Crippen molar-refractivity contribution in [1.82, 2.24) is 4.90 Å². The Bertz CT molecular complexity index is 489.